The van der Waals surface area contributed by atoms with Gasteiger partial charge in [0.25, 0.3) is 0 Å². The van der Waals surface area contributed by atoms with Gasteiger partial charge in [0.05, 0.1) is 30.2 Å². The van der Waals surface area contributed by atoms with E-state index in [0.29, 0.717) is 22.7 Å². The highest BCUT2D eigenvalue weighted by Gasteiger charge is 2.35. The maximum atomic E-state index is 13.9. The number of rotatable bonds is 5. The Kier molecular flexibility index (Phi) is 6.09. The molecule has 0 bridgehead atoms. The molecule has 164 valence electrons. The van der Waals surface area contributed by atoms with Crippen LogP contribution in [0, 0.1) is 17.1 Å². The van der Waals surface area contributed by atoms with Crippen LogP contribution in [0.25, 0.3) is 0 Å². The van der Waals surface area contributed by atoms with Gasteiger partial charge in [0.15, 0.2) is 0 Å². The molecule has 2 N–H and O–H groups in total. The number of carbonyl (C=O) groups excluding carboxylic acids is 1. The Labute approximate surface area is 190 Å². The van der Waals surface area contributed by atoms with Crippen molar-refractivity contribution in [3.63, 3.8) is 0 Å². The van der Waals surface area contributed by atoms with Gasteiger partial charge in [-0.2, -0.15) is 5.26 Å². The van der Waals surface area contributed by atoms with Crippen LogP contribution < -0.4 is 15.4 Å². The summed E-state index contributed by atoms with van der Waals surface area (Å²) in [7, 11) is 1.25. The van der Waals surface area contributed by atoms with Crippen LogP contribution in [0.5, 0.6) is 11.5 Å². The van der Waals surface area contributed by atoms with Crippen molar-refractivity contribution in [3.05, 3.63) is 113 Å². The predicted molar refractivity (Wildman–Crippen MR) is 122 cm³/mol. The van der Waals surface area contributed by atoms with Crippen LogP contribution in [0.15, 0.2) is 102 Å². The molecule has 4 rings (SSSR count). The van der Waals surface area contributed by atoms with E-state index in [4.69, 9.17) is 15.2 Å². The summed E-state index contributed by atoms with van der Waals surface area (Å²) >= 11 is 0. The summed E-state index contributed by atoms with van der Waals surface area (Å²) in [6.45, 7) is 0. The number of halogens is 1. The highest BCUT2D eigenvalue weighted by Crippen LogP contribution is 2.39. The summed E-state index contributed by atoms with van der Waals surface area (Å²) in [4.78, 5) is 14.2. The van der Waals surface area contributed by atoms with Crippen molar-refractivity contribution >= 4 is 11.7 Å². The number of carbonyl (C=O) groups is 1. The maximum Gasteiger partial charge on any atom is 0.336 e. The minimum absolute atomic E-state index is 0.119. The maximum absolute atomic E-state index is 13.9. The quantitative estimate of drug-likeness (QED) is 0.562. The van der Waals surface area contributed by atoms with Crippen LogP contribution in [-0.2, 0) is 9.53 Å². The van der Waals surface area contributed by atoms with Crippen molar-refractivity contribution < 1.29 is 18.7 Å². The van der Waals surface area contributed by atoms with Crippen molar-refractivity contribution in [2.24, 2.45) is 5.73 Å². The second-order valence-corrected chi connectivity index (χ2v) is 7.25. The molecule has 1 heterocycles. The molecular formula is C26H20FN3O3. The fraction of sp³-hybridized carbons (Fsp3) is 0.0769. The number of nitriles is 1. The van der Waals surface area contributed by atoms with Gasteiger partial charge in [0.2, 0.25) is 0 Å². The smallest absolute Gasteiger partial charge is 0.336 e. The topological polar surface area (TPSA) is 88.6 Å². The summed E-state index contributed by atoms with van der Waals surface area (Å²) < 4.78 is 24.7. The minimum atomic E-state index is -0.852. The molecule has 0 aliphatic carbocycles. The minimum Gasteiger partial charge on any atom is -0.466 e. The van der Waals surface area contributed by atoms with Gasteiger partial charge in [-0.15, -0.1) is 0 Å². The Balaban J connectivity index is 1.73. The Hall–Kier alpha value is -4.57. The normalized spacial score (nSPS) is 15.5. The molecule has 0 radical (unpaired) electrons. The molecule has 1 aliphatic heterocycles. The number of anilines is 1. The average Bonchev–Trinajstić information content (AvgIpc) is 2.84. The molecule has 1 unspecified atom stereocenters. The van der Waals surface area contributed by atoms with Gasteiger partial charge in [-0.25, -0.2) is 9.18 Å². The lowest BCUT2D eigenvalue weighted by Crippen LogP contribution is -2.33. The van der Waals surface area contributed by atoms with E-state index >= 15 is 0 Å². The molecule has 3 aromatic carbocycles. The fourth-order valence-corrected chi connectivity index (χ4v) is 3.67. The summed E-state index contributed by atoms with van der Waals surface area (Å²) in [6, 6.07) is 24.2. The molecule has 0 amide bonds. The Morgan fingerprint density at radius 1 is 1.03 bits per heavy atom. The summed E-state index contributed by atoms with van der Waals surface area (Å²) in [6.07, 6.45) is 1.52. The van der Waals surface area contributed by atoms with Gasteiger partial charge in [-0.1, -0.05) is 30.3 Å². The Morgan fingerprint density at radius 3 is 2.36 bits per heavy atom. The van der Waals surface area contributed by atoms with Crippen LogP contribution in [0.1, 0.15) is 11.5 Å². The zero-order valence-electron chi connectivity index (χ0n) is 17.7. The number of nitrogens with zero attached hydrogens (tertiary/aromatic N) is 2. The first-order valence-electron chi connectivity index (χ1n) is 10.1. The number of nitrogens with two attached hydrogens (primary N) is 1. The number of para-hydroxylation sites is 1. The van der Waals surface area contributed by atoms with E-state index in [-0.39, 0.29) is 17.0 Å². The first kappa shape index (κ1) is 21.7. The van der Waals surface area contributed by atoms with E-state index in [1.54, 1.807) is 30.3 Å². The number of esters is 1. The number of benzene rings is 3. The Bertz CT molecular complexity index is 1280. The molecule has 6 nitrogen and oxygen atoms in total. The molecule has 0 saturated carbocycles. The van der Waals surface area contributed by atoms with Crippen LogP contribution in [0.3, 0.4) is 0 Å². The molecular weight excluding hydrogens is 421 g/mol. The van der Waals surface area contributed by atoms with E-state index in [9.17, 15) is 14.4 Å². The third-order valence-corrected chi connectivity index (χ3v) is 5.22. The zero-order chi connectivity index (χ0) is 23.4. The van der Waals surface area contributed by atoms with Crippen molar-refractivity contribution in [2.75, 3.05) is 12.0 Å². The van der Waals surface area contributed by atoms with Gasteiger partial charge in [-0.05, 0) is 54.1 Å². The van der Waals surface area contributed by atoms with Crippen molar-refractivity contribution in [3.8, 4) is 17.6 Å². The van der Waals surface area contributed by atoms with E-state index in [2.05, 4.69) is 6.07 Å². The molecule has 0 saturated heterocycles. The van der Waals surface area contributed by atoms with Crippen LogP contribution in [0.4, 0.5) is 10.1 Å². The molecule has 1 aliphatic rings. The number of hydrogen-bond donors (Lipinski definition) is 1. The predicted octanol–water partition coefficient (Wildman–Crippen LogP) is 4.97. The monoisotopic (exact) mass is 441 g/mol. The molecule has 1 atom stereocenters. The first-order valence-corrected chi connectivity index (χ1v) is 10.1. The van der Waals surface area contributed by atoms with Gasteiger partial charge in [-0.3, -0.25) is 0 Å². The average molecular weight is 441 g/mol. The van der Waals surface area contributed by atoms with Crippen molar-refractivity contribution in [1.29, 1.82) is 5.26 Å². The van der Waals surface area contributed by atoms with E-state index < -0.39 is 17.7 Å². The van der Waals surface area contributed by atoms with E-state index in [0.717, 1.165) is 0 Å². The fourth-order valence-electron chi connectivity index (χ4n) is 3.67. The number of hydrogen-bond acceptors (Lipinski definition) is 6. The highest BCUT2D eigenvalue weighted by molar-refractivity contribution is 5.93. The summed E-state index contributed by atoms with van der Waals surface area (Å²) in [5, 5.41) is 9.90. The van der Waals surface area contributed by atoms with Crippen LogP contribution >= 0.6 is 0 Å². The lowest BCUT2D eigenvalue weighted by atomic mass is 9.83. The number of ether oxygens (including phenoxy) is 2. The molecule has 0 spiro atoms. The van der Waals surface area contributed by atoms with Gasteiger partial charge in [0, 0.05) is 11.9 Å². The lowest BCUT2D eigenvalue weighted by molar-refractivity contribution is -0.136. The standard InChI is InChI=1S/C26H20FN3O3/c1-32-26(31)23-16-30(19-10-12-21(13-11-19)33-20-8-3-2-4-9-20)25(29)22(15-28)24(23)17-6-5-7-18(27)14-17/h2-14,16,24H,29H2,1H3. The van der Waals surface area contributed by atoms with Crippen LogP contribution in [-0.4, -0.2) is 13.1 Å². The van der Waals surface area contributed by atoms with Gasteiger partial charge in [0.1, 0.15) is 23.1 Å². The van der Waals surface area contributed by atoms with E-state index in [1.807, 2.05) is 30.3 Å². The van der Waals surface area contributed by atoms with Crippen molar-refractivity contribution in [2.45, 2.75) is 5.92 Å². The largest absolute Gasteiger partial charge is 0.466 e. The molecule has 0 fully saturated rings. The second-order valence-electron chi connectivity index (χ2n) is 7.25. The summed E-state index contributed by atoms with van der Waals surface area (Å²) in [5.41, 5.74) is 7.68. The van der Waals surface area contributed by atoms with Crippen LogP contribution in [0.2, 0.25) is 0 Å². The van der Waals surface area contributed by atoms with Crippen molar-refractivity contribution in [1.82, 2.24) is 0 Å². The molecule has 33 heavy (non-hydrogen) atoms. The molecule has 7 heteroatoms. The second kappa shape index (κ2) is 9.28. The number of allylic oxidation sites excluding steroid dienone is 1. The highest BCUT2D eigenvalue weighted by atomic mass is 19.1. The SMILES string of the molecule is COC(=O)C1=CN(c2ccc(Oc3ccccc3)cc2)C(N)=C(C#N)C1c1cccc(F)c1. The van der Waals surface area contributed by atoms with Gasteiger partial charge < -0.3 is 20.1 Å². The first-order chi connectivity index (χ1) is 16.0. The zero-order valence-corrected chi connectivity index (χ0v) is 17.7. The number of methoxy groups -OCH3 is 1. The third-order valence-electron chi connectivity index (χ3n) is 5.22. The Morgan fingerprint density at radius 2 is 1.73 bits per heavy atom. The molecule has 3 aromatic rings. The molecule has 0 aromatic heterocycles. The van der Waals surface area contributed by atoms with E-state index in [1.165, 1.54) is 36.4 Å². The third kappa shape index (κ3) is 4.41. The summed E-state index contributed by atoms with van der Waals surface area (Å²) in [5.74, 6) is -0.534. The van der Waals surface area contributed by atoms with Gasteiger partial charge >= 0.3 is 5.97 Å². The lowest BCUT2D eigenvalue weighted by Gasteiger charge is -2.32.